The fraction of sp³-hybridized carbons (Fsp3) is 0.478. The average Bonchev–Trinajstić information content (AvgIpc) is 3.50. The minimum Gasteiger partial charge on any atom is -0.365 e. The van der Waals surface area contributed by atoms with Crippen molar-refractivity contribution in [1.82, 2.24) is 25.7 Å². The molecular formula is C23H29FN6O3. The number of urea groups is 1. The summed E-state index contributed by atoms with van der Waals surface area (Å²) in [4.78, 5) is 40.3. The van der Waals surface area contributed by atoms with E-state index in [1.54, 1.807) is 24.2 Å². The van der Waals surface area contributed by atoms with E-state index >= 15 is 0 Å². The number of nitrogens with zero attached hydrogens (tertiary/aromatic N) is 3. The van der Waals surface area contributed by atoms with Crippen LogP contribution in [0.15, 0.2) is 30.6 Å². The molecule has 3 N–H and O–H groups in total. The van der Waals surface area contributed by atoms with Crippen molar-refractivity contribution in [2.24, 2.45) is 11.8 Å². The molecular weight excluding hydrogens is 427 g/mol. The van der Waals surface area contributed by atoms with Gasteiger partial charge in [-0.2, -0.15) is 5.10 Å². The van der Waals surface area contributed by atoms with E-state index < -0.39 is 11.9 Å². The number of carbonyl (C=O) groups excluding carboxylic acids is 3. The van der Waals surface area contributed by atoms with Crippen molar-refractivity contribution in [3.63, 3.8) is 0 Å². The number of aromatic nitrogens is 2. The summed E-state index contributed by atoms with van der Waals surface area (Å²) in [6.45, 7) is 5.46. The van der Waals surface area contributed by atoms with Crippen molar-refractivity contribution in [2.75, 3.05) is 31.1 Å². The summed E-state index contributed by atoms with van der Waals surface area (Å²) in [6.07, 6.45) is 5.00. The van der Waals surface area contributed by atoms with Gasteiger partial charge in [-0.25, -0.2) is 9.18 Å². The molecule has 9 nitrogen and oxygen atoms in total. The predicted molar refractivity (Wildman–Crippen MR) is 121 cm³/mol. The molecule has 0 bridgehead atoms. The quantitative estimate of drug-likeness (QED) is 0.617. The van der Waals surface area contributed by atoms with E-state index in [0.29, 0.717) is 19.6 Å². The molecule has 2 fully saturated rings. The van der Waals surface area contributed by atoms with Crippen LogP contribution >= 0.6 is 0 Å². The molecule has 4 amide bonds. The van der Waals surface area contributed by atoms with Crippen LogP contribution < -0.4 is 15.5 Å². The van der Waals surface area contributed by atoms with Crippen LogP contribution in [0.4, 0.5) is 14.9 Å². The Morgan fingerprint density at radius 3 is 2.67 bits per heavy atom. The average molecular weight is 457 g/mol. The van der Waals surface area contributed by atoms with Gasteiger partial charge in [0.15, 0.2) is 0 Å². The molecule has 1 aromatic carbocycles. The first-order chi connectivity index (χ1) is 15.8. The van der Waals surface area contributed by atoms with Crippen LogP contribution in [0.5, 0.6) is 0 Å². The summed E-state index contributed by atoms with van der Waals surface area (Å²) < 4.78 is 14.3. The molecule has 1 aliphatic heterocycles. The molecule has 4 rings (SSSR count). The standard InChI is InChI=1S/C23H29FN6O3/c1-14(10-25-23(33)28-21(31)16-3-4-16)22(32)29-5-6-30(15(2)13-29)20-8-17(7-19(24)9-20)18-11-26-27-12-18/h7-9,11-12,14-16H,3-6,10,13H2,1-2H3,(H,26,27)(H2,25,28,31,33)/t14-,15-/m0/s1. The van der Waals surface area contributed by atoms with Crippen molar-refractivity contribution in [3.8, 4) is 11.1 Å². The number of anilines is 1. The Morgan fingerprint density at radius 2 is 2.00 bits per heavy atom. The first kappa shape index (κ1) is 22.8. The second kappa shape index (κ2) is 9.60. The zero-order chi connectivity index (χ0) is 23.5. The number of imide groups is 1. The van der Waals surface area contributed by atoms with Gasteiger partial charge >= 0.3 is 6.03 Å². The van der Waals surface area contributed by atoms with Gasteiger partial charge in [-0.3, -0.25) is 20.0 Å². The summed E-state index contributed by atoms with van der Waals surface area (Å²) in [5.74, 6) is -1.13. The normalized spacial score (nSPS) is 19.2. The minimum absolute atomic E-state index is 0.0127. The Hall–Kier alpha value is -3.43. The zero-order valence-corrected chi connectivity index (χ0v) is 18.8. The molecule has 1 saturated heterocycles. The number of hydrogen-bond acceptors (Lipinski definition) is 5. The summed E-state index contributed by atoms with van der Waals surface area (Å²) in [7, 11) is 0. The third-order valence-corrected chi connectivity index (χ3v) is 6.16. The van der Waals surface area contributed by atoms with Gasteiger partial charge in [0.05, 0.1) is 12.1 Å². The van der Waals surface area contributed by atoms with Crippen LogP contribution in [0.1, 0.15) is 26.7 Å². The topological polar surface area (TPSA) is 110 Å². The molecule has 1 saturated carbocycles. The van der Waals surface area contributed by atoms with Crippen molar-refractivity contribution in [2.45, 2.75) is 32.7 Å². The lowest BCUT2D eigenvalue weighted by Gasteiger charge is -2.42. The van der Waals surface area contributed by atoms with Crippen LogP contribution in [0.25, 0.3) is 11.1 Å². The van der Waals surface area contributed by atoms with Crippen molar-refractivity contribution < 1.29 is 18.8 Å². The number of H-pyrrole nitrogens is 1. The van der Waals surface area contributed by atoms with Crippen molar-refractivity contribution in [1.29, 1.82) is 0 Å². The minimum atomic E-state index is -0.565. The SMILES string of the molecule is C[C@@H](CNC(=O)NC(=O)C1CC1)C(=O)N1CCN(c2cc(F)cc(-c3cn[nH]c3)c2)[C@@H](C)C1. The molecule has 2 aliphatic rings. The Labute approximate surface area is 191 Å². The number of hydrogen-bond donors (Lipinski definition) is 3. The summed E-state index contributed by atoms with van der Waals surface area (Å²) in [6, 6.07) is 4.33. The molecule has 33 heavy (non-hydrogen) atoms. The number of carbonyl (C=O) groups is 3. The fourth-order valence-electron chi connectivity index (χ4n) is 4.11. The number of aromatic amines is 1. The number of rotatable bonds is 6. The van der Waals surface area contributed by atoms with E-state index in [1.165, 1.54) is 12.1 Å². The molecule has 0 radical (unpaired) electrons. The van der Waals surface area contributed by atoms with Gasteiger partial charge < -0.3 is 15.1 Å². The molecule has 0 unspecified atom stereocenters. The lowest BCUT2D eigenvalue weighted by Crippen LogP contribution is -2.55. The second-order valence-corrected chi connectivity index (χ2v) is 8.89. The lowest BCUT2D eigenvalue weighted by atomic mass is 10.0. The maximum atomic E-state index is 14.3. The molecule has 0 spiro atoms. The van der Waals surface area contributed by atoms with Crippen molar-refractivity contribution in [3.05, 3.63) is 36.4 Å². The molecule has 2 heterocycles. The van der Waals surface area contributed by atoms with Gasteiger partial charge in [-0.05, 0) is 43.5 Å². The summed E-state index contributed by atoms with van der Waals surface area (Å²) >= 11 is 0. The molecule has 1 aromatic heterocycles. The number of nitrogens with one attached hydrogen (secondary N) is 3. The predicted octanol–water partition coefficient (Wildman–Crippen LogP) is 2.12. The van der Waals surface area contributed by atoms with Crippen LogP contribution in [-0.2, 0) is 9.59 Å². The molecule has 2 aromatic rings. The van der Waals surface area contributed by atoms with Gasteiger partial charge in [0.2, 0.25) is 11.8 Å². The number of amides is 4. The Bertz CT molecular complexity index is 1020. The van der Waals surface area contributed by atoms with Gasteiger partial charge in [-0.15, -0.1) is 0 Å². The first-order valence-corrected chi connectivity index (χ1v) is 11.3. The first-order valence-electron chi connectivity index (χ1n) is 11.3. The van der Waals surface area contributed by atoms with E-state index in [-0.39, 0.29) is 36.1 Å². The van der Waals surface area contributed by atoms with Gasteiger partial charge in [-0.1, -0.05) is 6.92 Å². The molecule has 10 heteroatoms. The molecule has 176 valence electrons. The van der Waals surface area contributed by atoms with E-state index in [1.807, 2.05) is 13.0 Å². The molecule has 1 aliphatic carbocycles. The van der Waals surface area contributed by atoms with Crippen molar-refractivity contribution >= 4 is 23.5 Å². The van der Waals surface area contributed by atoms with Crippen LogP contribution in [0, 0.1) is 17.7 Å². The van der Waals surface area contributed by atoms with Gasteiger partial charge in [0.25, 0.3) is 0 Å². The van der Waals surface area contributed by atoms with Gasteiger partial charge in [0, 0.05) is 55.6 Å². The van der Waals surface area contributed by atoms with Crippen LogP contribution in [-0.4, -0.2) is 65.2 Å². The maximum Gasteiger partial charge on any atom is 0.321 e. The maximum absolute atomic E-state index is 14.3. The highest BCUT2D eigenvalue weighted by molar-refractivity contribution is 5.96. The summed E-state index contributed by atoms with van der Waals surface area (Å²) in [5, 5.41) is 11.6. The Kier molecular flexibility index (Phi) is 6.62. The number of piperazine rings is 1. The highest BCUT2D eigenvalue weighted by Crippen LogP contribution is 2.29. The van der Waals surface area contributed by atoms with Crippen LogP contribution in [0.2, 0.25) is 0 Å². The fourth-order valence-corrected chi connectivity index (χ4v) is 4.11. The third-order valence-electron chi connectivity index (χ3n) is 6.16. The largest absolute Gasteiger partial charge is 0.365 e. The van der Waals surface area contributed by atoms with E-state index in [2.05, 4.69) is 25.7 Å². The Balaban J connectivity index is 1.31. The second-order valence-electron chi connectivity index (χ2n) is 8.89. The monoisotopic (exact) mass is 456 g/mol. The van der Waals surface area contributed by atoms with Gasteiger partial charge in [0.1, 0.15) is 5.82 Å². The van der Waals surface area contributed by atoms with E-state index in [9.17, 15) is 18.8 Å². The highest BCUT2D eigenvalue weighted by atomic mass is 19.1. The lowest BCUT2D eigenvalue weighted by molar-refractivity contribution is -0.135. The van der Waals surface area contributed by atoms with Crippen LogP contribution in [0.3, 0.4) is 0 Å². The number of benzene rings is 1. The smallest absolute Gasteiger partial charge is 0.321 e. The summed E-state index contributed by atoms with van der Waals surface area (Å²) in [5.41, 5.74) is 2.31. The molecule has 2 atom stereocenters. The van der Waals surface area contributed by atoms with E-state index in [0.717, 1.165) is 29.7 Å². The highest BCUT2D eigenvalue weighted by Gasteiger charge is 2.32. The third kappa shape index (κ3) is 5.50. The number of halogens is 1. The Morgan fingerprint density at radius 1 is 1.21 bits per heavy atom. The van der Waals surface area contributed by atoms with E-state index in [4.69, 9.17) is 0 Å². The zero-order valence-electron chi connectivity index (χ0n) is 18.8.